The highest BCUT2D eigenvalue weighted by Crippen LogP contribution is 2.25. The van der Waals surface area contributed by atoms with Crippen molar-refractivity contribution in [1.82, 2.24) is 4.98 Å². The third kappa shape index (κ3) is 3.30. The number of rotatable bonds is 3. The van der Waals surface area contributed by atoms with Gasteiger partial charge in [0.1, 0.15) is 5.82 Å². The molecule has 0 bridgehead atoms. The van der Waals surface area contributed by atoms with Crippen molar-refractivity contribution in [3.63, 3.8) is 0 Å². The van der Waals surface area contributed by atoms with Crippen LogP contribution >= 0.6 is 39.1 Å². The second kappa shape index (κ2) is 5.19. The molecule has 1 aromatic heterocycles. The molecule has 5 heteroatoms. The first-order chi connectivity index (χ1) is 6.50. The van der Waals surface area contributed by atoms with Crippen LogP contribution in [-0.2, 0) is 0 Å². The lowest BCUT2D eigenvalue weighted by Gasteiger charge is -2.20. The molecule has 1 aromatic rings. The maximum absolute atomic E-state index is 6.00. The minimum absolute atomic E-state index is 0.390. The Labute approximate surface area is 102 Å². The third-order valence-electron chi connectivity index (χ3n) is 1.68. The van der Waals surface area contributed by atoms with E-state index in [9.17, 15) is 0 Å². The zero-order valence-corrected chi connectivity index (χ0v) is 11.1. The molecule has 0 saturated heterocycles. The fourth-order valence-electron chi connectivity index (χ4n) is 1.15. The summed E-state index contributed by atoms with van der Waals surface area (Å²) in [4.78, 5) is 6.55. The van der Waals surface area contributed by atoms with Gasteiger partial charge in [0.25, 0.3) is 0 Å². The minimum atomic E-state index is 0.390. The van der Waals surface area contributed by atoms with E-state index in [1.54, 1.807) is 12.3 Å². The average Bonchev–Trinajstić information content (AvgIpc) is 2.01. The first-order valence-electron chi connectivity index (χ1n) is 4.17. The first kappa shape index (κ1) is 12.1. The van der Waals surface area contributed by atoms with E-state index in [1.165, 1.54) is 0 Å². The Hall–Kier alpha value is 0.01000. The monoisotopic (exact) mass is 296 g/mol. The topological polar surface area (TPSA) is 16.1 Å². The summed E-state index contributed by atoms with van der Waals surface area (Å²) in [5, 5.41) is 1.13. The summed E-state index contributed by atoms with van der Waals surface area (Å²) in [6.07, 6.45) is 1.60. The van der Waals surface area contributed by atoms with Crippen LogP contribution in [0.25, 0.3) is 0 Å². The molecule has 0 fully saturated rings. The lowest BCUT2D eigenvalue weighted by atomic mass is 10.4. The Morgan fingerprint density at radius 3 is 2.71 bits per heavy atom. The quantitative estimate of drug-likeness (QED) is 0.793. The minimum Gasteiger partial charge on any atom is -0.357 e. The highest BCUT2D eigenvalue weighted by molar-refractivity contribution is 9.09. The van der Waals surface area contributed by atoms with Gasteiger partial charge in [-0.2, -0.15) is 0 Å². The van der Waals surface area contributed by atoms with Gasteiger partial charge in [-0.15, -0.1) is 0 Å². The van der Waals surface area contributed by atoms with Gasteiger partial charge in [0, 0.05) is 24.6 Å². The first-order valence-corrected chi connectivity index (χ1v) is 5.84. The zero-order valence-electron chi connectivity index (χ0n) is 7.97. The van der Waals surface area contributed by atoms with Crippen LogP contribution in [0.5, 0.6) is 0 Å². The van der Waals surface area contributed by atoms with Crippen molar-refractivity contribution in [2.75, 3.05) is 18.5 Å². The molecule has 14 heavy (non-hydrogen) atoms. The third-order valence-corrected chi connectivity index (χ3v) is 2.45. The van der Waals surface area contributed by atoms with Gasteiger partial charge in [-0.3, -0.25) is 0 Å². The number of pyridine rings is 1. The number of aromatic nitrogens is 1. The lowest BCUT2D eigenvalue weighted by Crippen LogP contribution is -2.25. The molecular weight excluding hydrogens is 287 g/mol. The van der Waals surface area contributed by atoms with Crippen LogP contribution in [0, 0.1) is 0 Å². The molecule has 0 aromatic carbocycles. The van der Waals surface area contributed by atoms with Gasteiger partial charge >= 0.3 is 0 Å². The highest BCUT2D eigenvalue weighted by atomic mass is 79.9. The van der Waals surface area contributed by atoms with E-state index >= 15 is 0 Å². The molecule has 0 amide bonds. The van der Waals surface area contributed by atoms with Crippen LogP contribution < -0.4 is 4.90 Å². The standard InChI is InChI=1S/C9H11BrCl2N2/c1-6(10)5-14(2)9-8(12)3-7(11)4-13-9/h3-4,6H,5H2,1-2H3. The second-order valence-electron chi connectivity index (χ2n) is 3.12. The average molecular weight is 298 g/mol. The maximum atomic E-state index is 6.00. The molecule has 1 atom stereocenters. The summed E-state index contributed by atoms with van der Waals surface area (Å²) >= 11 is 15.2. The van der Waals surface area contributed by atoms with E-state index in [-0.39, 0.29) is 0 Å². The van der Waals surface area contributed by atoms with Gasteiger partial charge in [-0.1, -0.05) is 46.1 Å². The van der Waals surface area contributed by atoms with Crippen LogP contribution in [0.2, 0.25) is 10.0 Å². The van der Waals surface area contributed by atoms with Crippen LogP contribution in [0.3, 0.4) is 0 Å². The molecule has 0 spiro atoms. The molecule has 1 unspecified atom stereocenters. The van der Waals surface area contributed by atoms with Crippen molar-refractivity contribution >= 4 is 44.9 Å². The van der Waals surface area contributed by atoms with Crippen molar-refractivity contribution in [1.29, 1.82) is 0 Å². The SMILES string of the molecule is CC(Br)CN(C)c1ncc(Cl)cc1Cl. The summed E-state index contributed by atoms with van der Waals surface area (Å²) in [5.41, 5.74) is 0. The Bertz CT molecular complexity index is 318. The molecule has 0 radical (unpaired) electrons. The van der Waals surface area contributed by atoms with Gasteiger partial charge in [-0.05, 0) is 6.07 Å². The predicted octanol–water partition coefficient (Wildman–Crippen LogP) is 3.61. The molecule has 0 saturated carbocycles. The summed E-state index contributed by atoms with van der Waals surface area (Å²) in [5.74, 6) is 0.752. The summed E-state index contributed by atoms with van der Waals surface area (Å²) in [6.45, 7) is 2.91. The maximum Gasteiger partial charge on any atom is 0.147 e. The van der Waals surface area contributed by atoms with Crippen molar-refractivity contribution in [3.05, 3.63) is 22.3 Å². The van der Waals surface area contributed by atoms with Gasteiger partial charge in [0.05, 0.1) is 10.0 Å². The van der Waals surface area contributed by atoms with Gasteiger partial charge in [0.2, 0.25) is 0 Å². The van der Waals surface area contributed by atoms with Crippen LogP contribution in [0.1, 0.15) is 6.92 Å². The normalized spacial score (nSPS) is 12.6. The molecule has 0 aliphatic rings. The molecule has 0 aliphatic heterocycles. The van der Waals surface area contributed by atoms with E-state index in [0.717, 1.165) is 12.4 Å². The molecule has 0 N–H and O–H groups in total. The number of anilines is 1. The zero-order chi connectivity index (χ0) is 10.7. The van der Waals surface area contributed by atoms with Crippen molar-refractivity contribution in [2.24, 2.45) is 0 Å². The number of halogens is 3. The van der Waals surface area contributed by atoms with E-state index < -0.39 is 0 Å². The Kier molecular flexibility index (Phi) is 4.48. The fourth-order valence-corrected chi connectivity index (χ4v) is 2.11. The van der Waals surface area contributed by atoms with E-state index in [2.05, 4.69) is 27.8 Å². The molecule has 1 rings (SSSR count). The summed E-state index contributed by atoms with van der Waals surface area (Å²) < 4.78 is 0. The summed E-state index contributed by atoms with van der Waals surface area (Å²) in [6, 6.07) is 1.70. The van der Waals surface area contributed by atoms with Crippen LogP contribution in [-0.4, -0.2) is 23.4 Å². The Morgan fingerprint density at radius 1 is 1.57 bits per heavy atom. The smallest absolute Gasteiger partial charge is 0.147 e. The largest absolute Gasteiger partial charge is 0.357 e. The molecular formula is C9H11BrCl2N2. The van der Waals surface area contributed by atoms with Gasteiger partial charge < -0.3 is 4.90 Å². The van der Waals surface area contributed by atoms with Gasteiger partial charge in [0.15, 0.2) is 0 Å². The van der Waals surface area contributed by atoms with Gasteiger partial charge in [-0.25, -0.2) is 4.98 Å². The van der Waals surface area contributed by atoms with E-state index in [0.29, 0.717) is 14.9 Å². The highest BCUT2D eigenvalue weighted by Gasteiger charge is 2.09. The van der Waals surface area contributed by atoms with Crippen molar-refractivity contribution in [2.45, 2.75) is 11.8 Å². The number of nitrogens with zero attached hydrogens (tertiary/aromatic N) is 2. The van der Waals surface area contributed by atoms with Crippen LogP contribution in [0.4, 0.5) is 5.82 Å². The van der Waals surface area contributed by atoms with Crippen LogP contribution in [0.15, 0.2) is 12.3 Å². The lowest BCUT2D eigenvalue weighted by molar-refractivity contribution is 0.861. The Morgan fingerprint density at radius 2 is 2.21 bits per heavy atom. The Balaban J connectivity index is 2.84. The molecule has 0 aliphatic carbocycles. The predicted molar refractivity (Wildman–Crippen MR) is 65.9 cm³/mol. The second-order valence-corrected chi connectivity index (χ2v) is 5.53. The number of hydrogen-bond acceptors (Lipinski definition) is 2. The number of alkyl halides is 1. The molecule has 1 heterocycles. The van der Waals surface area contributed by atoms with Crippen molar-refractivity contribution < 1.29 is 0 Å². The number of hydrogen-bond donors (Lipinski definition) is 0. The van der Waals surface area contributed by atoms with E-state index in [4.69, 9.17) is 23.2 Å². The summed E-state index contributed by atoms with van der Waals surface area (Å²) in [7, 11) is 1.94. The molecule has 2 nitrogen and oxygen atoms in total. The van der Waals surface area contributed by atoms with Crippen molar-refractivity contribution in [3.8, 4) is 0 Å². The molecule has 78 valence electrons. The fraction of sp³-hybridized carbons (Fsp3) is 0.444. The van der Waals surface area contributed by atoms with E-state index in [1.807, 2.05) is 11.9 Å².